The number of rotatable bonds is 7. The van der Waals surface area contributed by atoms with Crippen molar-refractivity contribution in [1.82, 2.24) is 30.4 Å². The van der Waals surface area contributed by atoms with E-state index in [1.165, 1.54) is 0 Å². The molecule has 8 heteroatoms. The van der Waals surface area contributed by atoms with Crippen LogP contribution in [0.4, 0.5) is 0 Å². The van der Waals surface area contributed by atoms with Gasteiger partial charge >= 0.3 is 0 Å². The fourth-order valence-corrected chi connectivity index (χ4v) is 3.31. The van der Waals surface area contributed by atoms with Crippen molar-refractivity contribution < 1.29 is 9.90 Å². The quantitative estimate of drug-likeness (QED) is 0.757. The van der Waals surface area contributed by atoms with Crippen LogP contribution in [0.25, 0.3) is 0 Å². The molecule has 0 saturated carbocycles. The largest absolute Gasteiger partial charge is 0.388 e. The number of aliphatic hydroxyl groups is 1. The lowest BCUT2D eigenvalue weighted by molar-refractivity contribution is 0.0250. The molecule has 2 aromatic rings. The molecule has 8 nitrogen and oxygen atoms in total. The van der Waals surface area contributed by atoms with Crippen LogP contribution in [0.2, 0.25) is 0 Å². The van der Waals surface area contributed by atoms with Gasteiger partial charge in [-0.2, -0.15) is 0 Å². The molecule has 2 heterocycles. The molecule has 0 bridgehead atoms. The van der Waals surface area contributed by atoms with Gasteiger partial charge in [0.15, 0.2) is 0 Å². The van der Waals surface area contributed by atoms with Gasteiger partial charge in [-0.15, -0.1) is 5.10 Å². The van der Waals surface area contributed by atoms with Crippen LogP contribution in [0.15, 0.2) is 36.7 Å². The third kappa shape index (κ3) is 5.34. The Hall–Kier alpha value is -2.32. The van der Waals surface area contributed by atoms with E-state index in [2.05, 4.69) is 25.7 Å². The highest BCUT2D eigenvalue weighted by Crippen LogP contribution is 2.22. The molecule has 1 fully saturated rings. The van der Waals surface area contributed by atoms with Crippen LogP contribution in [0.3, 0.4) is 0 Å². The normalized spacial score (nSPS) is 21.3. The maximum atomic E-state index is 12.2. The van der Waals surface area contributed by atoms with Gasteiger partial charge in [0.25, 0.3) is 5.91 Å². The zero-order valence-electron chi connectivity index (χ0n) is 14.9. The Kier molecular flexibility index (Phi) is 6.30. The molecule has 1 aromatic heterocycles. The van der Waals surface area contributed by atoms with Gasteiger partial charge in [0.1, 0.15) is 6.33 Å². The second-order valence-electron chi connectivity index (χ2n) is 6.89. The number of tetrazole rings is 1. The predicted molar refractivity (Wildman–Crippen MR) is 96.5 cm³/mol. The zero-order valence-corrected chi connectivity index (χ0v) is 14.9. The Balaban J connectivity index is 1.42. The lowest BCUT2D eigenvalue weighted by Crippen LogP contribution is -2.43. The molecular formula is C18H26N6O2. The van der Waals surface area contributed by atoms with Gasteiger partial charge in [-0.25, -0.2) is 4.68 Å². The fourth-order valence-electron chi connectivity index (χ4n) is 3.31. The minimum absolute atomic E-state index is 0.137. The summed E-state index contributed by atoms with van der Waals surface area (Å²) in [5.41, 5.74) is -0.219. The molecule has 2 N–H and O–H groups in total. The number of carbonyl (C=O) groups is 1. The van der Waals surface area contributed by atoms with Crippen molar-refractivity contribution >= 4 is 5.91 Å². The number of aryl methyl sites for hydroxylation is 1. The Morgan fingerprint density at radius 2 is 2.04 bits per heavy atom. The smallest absolute Gasteiger partial charge is 0.251 e. The predicted octanol–water partition coefficient (Wildman–Crippen LogP) is 0.710. The molecular weight excluding hydrogens is 332 g/mol. The number of benzene rings is 1. The average Bonchev–Trinajstić information content (AvgIpc) is 3.11. The van der Waals surface area contributed by atoms with E-state index in [1.807, 2.05) is 18.2 Å². The summed E-state index contributed by atoms with van der Waals surface area (Å²) in [7, 11) is 0. The first-order chi connectivity index (χ1) is 12.6. The minimum atomic E-state index is -0.838. The number of likely N-dealkylation sites (tertiary alicyclic amines) is 1. The van der Waals surface area contributed by atoms with Crippen molar-refractivity contribution in [3.8, 4) is 0 Å². The van der Waals surface area contributed by atoms with Crippen LogP contribution in [0.1, 0.15) is 36.0 Å². The van der Waals surface area contributed by atoms with E-state index in [9.17, 15) is 9.90 Å². The van der Waals surface area contributed by atoms with E-state index in [1.54, 1.807) is 23.1 Å². The van der Waals surface area contributed by atoms with E-state index in [0.29, 0.717) is 24.9 Å². The number of aromatic nitrogens is 4. The van der Waals surface area contributed by atoms with Crippen molar-refractivity contribution in [2.45, 2.75) is 37.8 Å². The first-order valence-electron chi connectivity index (χ1n) is 9.13. The molecule has 0 aliphatic carbocycles. The maximum Gasteiger partial charge on any atom is 0.251 e. The number of hydrogen-bond acceptors (Lipinski definition) is 6. The summed E-state index contributed by atoms with van der Waals surface area (Å²) < 4.78 is 1.73. The molecule has 1 aromatic carbocycles. The lowest BCUT2D eigenvalue weighted by atomic mass is 9.95. The van der Waals surface area contributed by atoms with Gasteiger partial charge in [0, 0.05) is 25.2 Å². The molecule has 1 amide bonds. The SMILES string of the molecule is O=C(NC[C@]1(O)CCCN(CCCn2cnnn2)CC1)c1ccccc1. The van der Waals surface area contributed by atoms with Crippen LogP contribution in [0.5, 0.6) is 0 Å². The zero-order chi connectivity index (χ0) is 18.2. The first-order valence-corrected chi connectivity index (χ1v) is 9.13. The standard InChI is InChI=1S/C18H26N6O2/c25-17(16-6-2-1-3-7-16)19-14-18(26)8-4-10-23(13-9-18)11-5-12-24-15-20-21-22-24/h1-3,6-7,15,26H,4-5,8-14H2,(H,19,25)/t18-/m0/s1. The summed E-state index contributed by atoms with van der Waals surface area (Å²) in [6.07, 6.45) is 4.87. The third-order valence-electron chi connectivity index (χ3n) is 4.88. The van der Waals surface area contributed by atoms with Crippen LogP contribution in [0, 0.1) is 0 Å². The van der Waals surface area contributed by atoms with Gasteiger partial charge in [-0.1, -0.05) is 18.2 Å². The fraction of sp³-hybridized carbons (Fsp3) is 0.556. The van der Waals surface area contributed by atoms with Gasteiger partial charge in [-0.3, -0.25) is 4.79 Å². The Morgan fingerprint density at radius 3 is 2.81 bits per heavy atom. The molecule has 1 saturated heterocycles. The summed E-state index contributed by atoms with van der Waals surface area (Å²) >= 11 is 0. The van der Waals surface area contributed by atoms with Crippen molar-refractivity contribution in [3.05, 3.63) is 42.2 Å². The monoisotopic (exact) mass is 358 g/mol. The highest BCUT2D eigenvalue weighted by atomic mass is 16.3. The average molecular weight is 358 g/mol. The summed E-state index contributed by atoms with van der Waals surface area (Å²) in [5.74, 6) is -0.137. The molecule has 26 heavy (non-hydrogen) atoms. The van der Waals surface area contributed by atoms with Crippen LogP contribution in [-0.4, -0.2) is 67.9 Å². The number of hydrogen-bond donors (Lipinski definition) is 2. The minimum Gasteiger partial charge on any atom is -0.388 e. The second-order valence-corrected chi connectivity index (χ2v) is 6.89. The molecule has 3 rings (SSSR count). The molecule has 0 spiro atoms. The molecule has 0 radical (unpaired) electrons. The molecule has 0 unspecified atom stereocenters. The van der Waals surface area contributed by atoms with Gasteiger partial charge in [-0.05, 0) is 61.3 Å². The second kappa shape index (κ2) is 8.86. The van der Waals surface area contributed by atoms with Gasteiger partial charge < -0.3 is 15.3 Å². The number of amides is 1. The summed E-state index contributed by atoms with van der Waals surface area (Å²) in [6.45, 7) is 3.82. The molecule has 140 valence electrons. The van der Waals surface area contributed by atoms with Crippen molar-refractivity contribution in [2.75, 3.05) is 26.2 Å². The van der Waals surface area contributed by atoms with Crippen LogP contribution >= 0.6 is 0 Å². The third-order valence-corrected chi connectivity index (χ3v) is 4.88. The van der Waals surface area contributed by atoms with Crippen LogP contribution in [-0.2, 0) is 6.54 Å². The van der Waals surface area contributed by atoms with E-state index < -0.39 is 5.60 Å². The summed E-state index contributed by atoms with van der Waals surface area (Å²) in [6, 6.07) is 9.10. The Bertz CT molecular complexity index is 678. The molecule has 1 aliphatic heterocycles. The Morgan fingerprint density at radius 1 is 1.19 bits per heavy atom. The van der Waals surface area contributed by atoms with Crippen molar-refractivity contribution in [3.63, 3.8) is 0 Å². The molecule has 1 atom stereocenters. The van der Waals surface area contributed by atoms with E-state index in [0.717, 1.165) is 39.0 Å². The summed E-state index contributed by atoms with van der Waals surface area (Å²) in [4.78, 5) is 14.5. The first kappa shape index (κ1) is 18.5. The topological polar surface area (TPSA) is 96.2 Å². The highest BCUT2D eigenvalue weighted by molar-refractivity contribution is 5.94. The highest BCUT2D eigenvalue weighted by Gasteiger charge is 2.30. The lowest BCUT2D eigenvalue weighted by Gasteiger charge is -2.27. The van der Waals surface area contributed by atoms with E-state index in [4.69, 9.17) is 0 Å². The number of nitrogens with one attached hydrogen (secondary N) is 1. The maximum absolute atomic E-state index is 12.2. The number of nitrogens with zero attached hydrogens (tertiary/aromatic N) is 5. The van der Waals surface area contributed by atoms with Gasteiger partial charge in [0.05, 0.1) is 5.60 Å². The van der Waals surface area contributed by atoms with Crippen molar-refractivity contribution in [2.24, 2.45) is 0 Å². The summed E-state index contributed by atoms with van der Waals surface area (Å²) in [5, 5.41) is 24.9. The molecule has 1 aliphatic rings. The van der Waals surface area contributed by atoms with Crippen LogP contribution < -0.4 is 5.32 Å². The van der Waals surface area contributed by atoms with Gasteiger partial charge in [0.2, 0.25) is 0 Å². The Labute approximate surface area is 153 Å². The van der Waals surface area contributed by atoms with E-state index in [-0.39, 0.29) is 5.91 Å². The van der Waals surface area contributed by atoms with Crippen molar-refractivity contribution in [1.29, 1.82) is 0 Å². The van der Waals surface area contributed by atoms with E-state index >= 15 is 0 Å². The number of carbonyl (C=O) groups excluding carboxylic acids is 1.